The summed E-state index contributed by atoms with van der Waals surface area (Å²) in [7, 11) is 0. The Kier molecular flexibility index (Phi) is 7.76. The van der Waals surface area contributed by atoms with Gasteiger partial charge in [0.25, 0.3) is 5.91 Å². The Hall–Kier alpha value is -0.820. The second-order valence-electron chi connectivity index (χ2n) is 7.22. The molecule has 1 aromatic rings. The monoisotopic (exact) mass is 419 g/mol. The number of halogens is 2. The lowest BCUT2D eigenvalue weighted by Gasteiger charge is -2.41. The summed E-state index contributed by atoms with van der Waals surface area (Å²) in [5.74, 6) is 0.899. The van der Waals surface area contributed by atoms with Crippen LogP contribution in [0.4, 0.5) is 0 Å². The van der Waals surface area contributed by atoms with Gasteiger partial charge in [-0.15, -0.1) is 23.7 Å². The molecule has 3 heterocycles. The predicted molar refractivity (Wildman–Crippen MR) is 108 cm³/mol. The summed E-state index contributed by atoms with van der Waals surface area (Å²) >= 11 is 7.23. The normalized spacial score (nSPS) is 24.3. The topological polar surface area (TPSA) is 66.6 Å². The molecule has 2 atom stereocenters. The summed E-state index contributed by atoms with van der Waals surface area (Å²) in [5, 5.41) is 0. The molecule has 0 aromatic carbocycles. The van der Waals surface area contributed by atoms with Gasteiger partial charge in [-0.2, -0.15) is 0 Å². The van der Waals surface area contributed by atoms with Gasteiger partial charge in [0.2, 0.25) is 5.91 Å². The fraction of sp³-hybridized carbons (Fsp3) is 0.667. The first-order valence-corrected chi connectivity index (χ1v) is 10.2. The first-order valence-electron chi connectivity index (χ1n) is 9.04. The maximum Gasteiger partial charge on any atom is 0.263 e. The van der Waals surface area contributed by atoms with Crippen LogP contribution < -0.4 is 5.73 Å². The molecule has 2 fully saturated rings. The van der Waals surface area contributed by atoms with Gasteiger partial charge >= 0.3 is 0 Å². The van der Waals surface area contributed by atoms with Gasteiger partial charge in [-0.25, -0.2) is 0 Å². The SMILES string of the molecule is CC1CCN(C(=O)C2CCN(C(=O)c3ccc(Cl)s3)CC2)C(CN)C1.Cl. The first kappa shape index (κ1) is 21.5. The molecule has 0 saturated carbocycles. The third-order valence-electron chi connectivity index (χ3n) is 5.45. The van der Waals surface area contributed by atoms with Crippen LogP contribution in [0.2, 0.25) is 4.34 Å². The number of hydrogen-bond acceptors (Lipinski definition) is 4. The number of likely N-dealkylation sites (tertiary alicyclic amines) is 2. The molecule has 0 aliphatic carbocycles. The standard InChI is InChI=1S/C18H26ClN3O2S.ClH/c1-12-4-9-22(14(10-12)11-20)17(23)13-5-7-21(8-6-13)18(24)15-2-3-16(19)25-15;/h2-3,12-14H,4-11,20H2,1H3;1H. The number of amides is 2. The maximum atomic E-state index is 12.9. The summed E-state index contributed by atoms with van der Waals surface area (Å²) in [6, 6.07) is 3.69. The largest absolute Gasteiger partial charge is 0.338 e. The van der Waals surface area contributed by atoms with E-state index in [0.29, 0.717) is 34.8 Å². The molecule has 2 amide bonds. The van der Waals surface area contributed by atoms with Crippen molar-refractivity contribution in [1.82, 2.24) is 9.80 Å². The van der Waals surface area contributed by atoms with Gasteiger partial charge in [-0.05, 0) is 43.7 Å². The van der Waals surface area contributed by atoms with Crippen LogP contribution in [0.3, 0.4) is 0 Å². The molecule has 0 spiro atoms. The molecular formula is C18H27Cl2N3O2S. The Morgan fingerprint density at radius 3 is 2.50 bits per heavy atom. The smallest absolute Gasteiger partial charge is 0.263 e. The van der Waals surface area contributed by atoms with Crippen molar-refractivity contribution < 1.29 is 9.59 Å². The predicted octanol–water partition coefficient (Wildman–Crippen LogP) is 3.26. The van der Waals surface area contributed by atoms with Gasteiger partial charge in [0.1, 0.15) is 0 Å². The Labute approximate surface area is 170 Å². The molecule has 1 aromatic heterocycles. The number of carbonyl (C=O) groups is 2. The minimum absolute atomic E-state index is 0. The molecule has 2 N–H and O–H groups in total. The average Bonchev–Trinajstić information content (AvgIpc) is 3.07. The van der Waals surface area contributed by atoms with Gasteiger partial charge in [0.05, 0.1) is 9.21 Å². The van der Waals surface area contributed by atoms with Crippen LogP contribution in [0, 0.1) is 11.8 Å². The molecule has 2 aliphatic heterocycles. The maximum absolute atomic E-state index is 12.9. The molecular weight excluding hydrogens is 393 g/mol. The second-order valence-corrected chi connectivity index (χ2v) is 8.94. The summed E-state index contributed by atoms with van der Waals surface area (Å²) in [6.07, 6.45) is 3.51. The minimum atomic E-state index is 0. The lowest BCUT2D eigenvalue weighted by atomic mass is 9.89. The summed E-state index contributed by atoms with van der Waals surface area (Å²) < 4.78 is 0.626. The van der Waals surface area contributed by atoms with Crippen molar-refractivity contribution in [2.45, 2.75) is 38.6 Å². The lowest BCUT2D eigenvalue weighted by molar-refractivity contribution is -0.141. The highest BCUT2D eigenvalue weighted by molar-refractivity contribution is 7.17. The van der Waals surface area contributed by atoms with E-state index in [2.05, 4.69) is 6.92 Å². The Morgan fingerprint density at radius 1 is 1.23 bits per heavy atom. The van der Waals surface area contributed by atoms with Gasteiger partial charge in [0, 0.05) is 38.1 Å². The molecule has 3 rings (SSSR count). The zero-order chi connectivity index (χ0) is 18.0. The highest BCUT2D eigenvalue weighted by atomic mass is 35.5. The van der Waals surface area contributed by atoms with Crippen molar-refractivity contribution in [3.05, 3.63) is 21.3 Å². The zero-order valence-electron chi connectivity index (χ0n) is 15.0. The Morgan fingerprint density at radius 2 is 1.92 bits per heavy atom. The number of piperidine rings is 2. The highest BCUT2D eigenvalue weighted by Crippen LogP contribution is 2.28. The van der Waals surface area contributed by atoms with E-state index in [1.54, 1.807) is 12.1 Å². The zero-order valence-corrected chi connectivity index (χ0v) is 17.4. The van der Waals surface area contributed by atoms with E-state index in [1.807, 2.05) is 9.80 Å². The number of nitrogens with two attached hydrogens (primary N) is 1. The van der Waals surface area contributed by atoms with E-state index in [9.17, 15) is 9.59 Å². The number of rotatable bonds is 3. The summed E-state index contributed by atoms with van der Waals surface area (Å²) in [4.78, 5) is 29.9. The fourth-order valence-corrected chi connectivity index (χ4v) is 4.93. The fourth-order valence-electron chi connectivity index (χ4n) is 3.91. The van der Waals surface area contributed by atoms with Crippen LogP contribution in [0.25, 0.3) is 0 Å². The van der Waals surface area contributed by atoms with E-state index < -0.39 is 0 Å². The molecule has 2 unspecified atom stereocenters. The molecule has 8 heteroatoms. The number of carbonyl (C=O) groups excluding carboxylic acids is 2. The van der Waals surface area contributed by atoms with Crippen molar-refractivity contribution in [1.29, 1.82) is 0 Å². The average molecular weight is 420 g/mol. The summed E-state index contributed by atoms with van der Waals surface area (Å²) in [5.41, 5.74) is 5.89. The van der Waals surface area contributed by atoms with Crippen LogP contribution in [-0.4, -0.2) is 53.8 Å². The van der Waals surface area contributed by atoms with Crippen molar-refractivity contribution >= 4 is 47.2 Å². The van der Waals surface area contributed by atoms with Gasteiger partial charge < -0.3 is 15.5 Å². The first-order chi connectivity index (χ1) is 12.0. The van der Waals surface area contributed by atoms with Crippen LogP contribution in [0.15, 0.2) is 12.1 Å². The van der Waals surface area contributed by atoms with Crippen molar-refractivity contribution in [3.8, 4) is 0 Å². The van der Waals surface area contributed by atoms with Gasteiger partial charge in [0.15, 0.2) is 0 Å². The van der Waals surface area contributed by atoms with E-state index in [4.69, 9.17) is 17.3 Å². The van der Waals surface area contributed by atoms with Crippen LogP contribution >= 0.6 is 35.3 Å². The molecule has 5 nitrogen and oxygen atoms in total. The van der Waals surface area contributed by atoms with E-state index in [-0.39, 0.29) is 36.2 Å². The third kappa shape index (κ3) is 4.71. The Balaban J connectivity index is 0.00000243. The third-order valence-corrected chi connectivity index (χ3v) is 6.67. The molecule has 0 bridgehead atoms. The highest BCUT2D eigenvalue weighted by Gasteiger charge is 2.35. The van der Waals surface area contributed by atoms with Crippen molar-refractivity contribution in [2.24, 2.45) is 17.6 Å². The summed E-state index contributed by atoms with van der Waals surface area (Å²) in [6.45, 7) is 4.83. The Bertz CT molecular complexity index is 632. The molecule has 2 aliphatic rings. The van der Waals surface area contributed by atoms with Gasteiger partial charge in [-0.1, -0.05) is 18.5 Å². The number of hydrogen-bond donors (Lipinski definition) is 1. The molecule has 2 saturated heterocycles. The second kappa shape index (κ2) is 9.40. The van der Waals surface area contributed by atoms with Crippen LogP contribution in [0.1, 0.15) is 42.3 Å². The lowest BCUT2D eigenvalue weighted by Crippen LogP contribution is -2.52. The number of nitrogens with zero attached hydrogens (tertiary/aromatic N) is 2. The van der Waals surface area contributed by atoms with E-state index in [1.165, 1.54) is 11.3 Å². The van der Waals surface area contributed by atoms with Crippen molar-refractivity contribution in [2.75, 3.05) is 26.2 Å². The molecule has 146 valence electrons. The number of thiophene rings is 1. The quantitative estimate of drug-likeness (QED) is 0.816. The molecule has 26 heavy (non-hydrogen) atoms. The van der Waals surface area contributed by atoms with E-state index in [0.717, 1.165) is 32.2 Å². The van der Waals surface area contributed by atoms with Crippen LogP contribution in [0.5, 0.6) is 0 Å². The van der Waals surface area contributed by atoms with Gasteiger partial charge in [-0.3, -0.25) is 9.59 Å². The molecule has 0 radical (unpaired) electrons. The minimum Gasteiger partial charge on any atom is -0.338 e. The van der Waals surface area contributed by atoms with E-state index >= 15 is 0 Å². The van der Waals surface area contributed by atoms with Crippen LogP contribution in [-0.2, 0) is 4.79 Å². The van der Waals surface area contributed by atoms with Crippen molar-refractivity contribution in [3.63, 3.8) is 0 Å².